The van der Waals surface area contributed by atoms with Gasteiger partial charge >= 0.3 is 0 Å². The summed E-state index contributed by atoms with van der Waals surface area (Å²) in [5.41, 5.74) is 7.20. The Morgan fingerprint density at radius 3 is 2.32 bits per heavy atom. The zero-order valence-corrected chi connectivity index (χ0v) is 26.1. The van der Waals surface area contributed by atoms with E-state index in [-0.39, 0.29) is 11.8 Å². The largest absolute Gasteiger partial charge is 0.496 e. The molecular weight excluding hydrogens is 550 g/mol. The van der Waals surface area contributed by atoms with Crippen LogP contribution in [0.15, 0.2) is 78.9 Å². The van der Waals surface area contributed by atoms with Gasteiger partial charge in [0.1, 0.15) is 11.4 Å². The van der Waals surface area contributed by atoms with Crippen LogP contribution in [-0.2, 0) is 13.1 Å². The molecule has 1 saturated heterocycles. The molecule has 0 N–H and O–H groups in total. The first-order chi connectivity index (χ1) is 21.3. The highest BCUT2D eigenvalue weighted by molar-refractivity contribution is 6.07. The van der Waals surface area contributed by atoms with Crippen LogP contribution < -0.4 is 9.64 Å². The van der Waals surface area contributed by atoms with E-state index in [0.29, 0.717) is 43.2 Å². The van der Waals surface area contributed by atoms with Crippen molar-refractivity contribution in [3.05, 3.63) is 107 Å². The highest BCUT2D eigenvalue weighted by Gasteiger charge is 2.30. The Labute approximate surface area is 260 Å². The molecule has 0 bridgehead atoms. The van der Waals surface area contributed by atoms with Gasteiger partial charge in [-0.15, -0.1) is 0 Å². The molecular formula is C36H41N5O3. The first-order valence-corrected chi connectivity index (χ1v) is 15.3. The lowest BCUT2D eigenvalue weighted by molar-refractivity contribution is 0.0619. The number of anilines is 1. The zero-order valence-electron chi connectivity index (χ0n) is 26.1. The average molecular weight is 592 g/mol. The lowest BCUT2D eigenvalue weighted by Gasteiger charge is -2.35. The number of likely N-dealkylation sites (N-methyl/N-ethyl adjacent to an activating group) is 1. The Bertz CT molecular complexity index is 1670. The highest BCUT2D eigenvalue weighted by Crippen LogP contribution is 2.35. The minimum absolute atomic E-state index is 0.0531. The second-order valence-corrected chi connectivity index (χ2v) is 12.0. The molecule has 1 fully saturated rings. The van der Waals surface area contributed by atoms with Crippen LogP contribution in [0.3, 0.4) is 0 Å². The van der Waals surface area contributed by atoms with Crippen molar-refractivity contribution in [1.29, 1.82) is 0 Å². The first-order valence-electron chi connectivity index (χ1n) is 15.3. The lowest BCUT2D eigenvalue weighted by atomic mass is 9.98. The van der Waals surface area contributed by atoms with Crippen LogP contribution in [0.2, 0.25) is 0 Å². The van der Waals surface area contributed by atoms with Gasteiger partial charge in [0.25, 0.3) is 11.8 Å². The molecule has 0 radical (unpaired) electrons. The van der Waals surface area contributed by atoms with Crippen molar-refractivity contribution in [1.82, 2.24) is 19.3 Å². The summed E-state index contributed by atoms with van der Waals surface area (Å²) in [6.07, 6.45) is 0. The number of hydrogen-bond donors (Lipinski definition) is 0. The fourth-order valence-corrected chi connectivity index (χ4v) is 6.28. The summed E-state index contributed by atoms with van der Waals surface area (Å²) in [5, 5.41) is 0. The van der Waals surface area contributed by atoms with Gasteiger partial charge in [-0.2, -0.15) is 0 Å². The minimum atomic E-state index is -0.108. The predicted octanol–water partition coefficient (Wildman–Crippen LogP) is 5.00. The van der Waals surface area contributed by atoms with Crippen LogP contribution in [0, 0.1) is 6.92 Å². The van der Waals surface area contributed by atoms with Crippen LogP contribution in [0.25, 0.3) is 11.1 Å². The molecule has 2 amide bonds. The third kappa shape index (κ3) is 5.87. The average Bonchev–Trinajstić information content (AvgIpc) is 3.36. The molecule has 3 aromatic carbocycles. The summed E-state index contributed by atoms with van der Waals surface area (Å²) in [5.74, 6) is 0.604. The molecule has 0 atom stereocenters. The minimum Gasteiger partial charge on any atom is -0.496 e. The number of benzene rings is 3. The number of nitrogens with zero attached hydrogens (tertiary/aromatic N) is 5. The van der Waals surface area contributed by atoms with E-state index in [1.807, 2.05) is 76.5 Å². The normalized spacial score (nSPS) is 15.1. The van der Waals surface area contributed by atoms with Gasteiger partial charge in [0.15, 0.2) is 0 Å². The number of methoxy groups -OCH3 is 1. The number of piperazine rings is 1. The van der Waals surface area contributed by atoms with E-state index in [0.717, 1.165) is 59.8 Å². The van der Waals surface area contributed by atoms with Gasteiger partial charge in [-0.05, 0) is 74.1 Å². The van der Waals surface area contributed by atoms with Crippen LogP contribution in [0.5, 0.6) is 5.75 Å². The van der Waals surface area contributed by atoms with Gasteiger partial charge in [0, 0.05) is 61.8 Å². The van der Waals surface area contributed by atoms with Crippen LogP contribution in [-0.4, -0.2) is 91.6 Å². The Morgan fingerprint density at radius 2 is 1.57 bits per heavy atom. The summed E-state index contributed by atoms with van der Waals surface area (Å²) in [6, 6.07) is 25.8. The molecule has 0 saturated carbocycles. The summed E-state index contributed by atoms with van der Waals surface area (Å²) in [4.78, 5) is 36.4. The molecule has 4 aromatic rings. The van der Waals surface area contributed by atoms with Gasteiger partial charge in [-0.1, -0.05) is 42.5 Å². The molecule has 2 aliphatic heterocycles. The van der Waals surface area contributed by atoms with Crippen molar-refractivity contribution in [2.75, 3.05) is 65.4 Å². The van der Waals surface area contributed by atoms with E-state index < -0.39 is 0 Å². The van der Waals surface area contributed by atoms with Crippen LogP contribution >= 0.6 is 0 Å². The van der Waals surface area contributed by atoms with Crippen molar-refractivity contribution in [3.8, 4) is 16.9 Å². The highest BCUT2D eigenvalue weighted by atomic mass is 16.5. The maximum atomic E-state index is 14.2. The molecule has 0 unspecified atom stereocenters. The van der Waals surface area contributed by atoms with Gasteiger partial charge < -0.3 is 24.0 Å². The summed E-state index contributed by atoms with van der Waals surface area (Å²) >= 11 is 0. The number of carbonyl (C=O) groups excluding carboxylic acids is 2. The van der Waals surface area contributed by atoms with Crippen LogP contribution in [0.1, 0.15) is 37.7 Å². The third-order valence-electron chi connectivity index (χ3n) is 8.87. The molecule has 3 heterocycles. The second-order valence-electron chi connectivity index (χ2n) is 12.0. The van der Waals surface area contributed by atoms with E-state index in [1.165, 1.54) is 0 Å². The number of aromatic nitrogens is 1. The number of ether oxygens (including phenoxy) is 1. The maximum absolute atomic E-state index is 14.2. The molecule has 44 heavy (non-hydrogen) atoms. The van der Waals surface area contributed by atoms with Crippen molar-refractivity contribution >= 4 is 17.5 Å². The van der Waals surface area contributed by atoms with Crippen molar-refractivity contribution in [3.63, 3.8) is 0 Å². The topological polar surface area (TPSA) is 61.3 Å². The fourth-order valence-electron chi connectivity index (χ4n) is 6.28. The van der Waals surface area contributed by atoms with Crippen molar-refractivity contribution < 1.29 is 14.3 Å². The quantitative estimate of drug-likeness (QED) is 0.303. The standard InChI is InChI=1S/C36H41N5O3/c1-26-9-5-7-11-30(26)31-15-13-27(23-34(31)44-4)35(42)41-25-29-14-16-33(40(29)24-28-10-6-8-12-32(28)41)36(43)39-21-19-38(20-22-39)18-17-37(2)3/h5-16,23H,17-22,24-25H2,1-4H3. The van der Waals surface area contributed by atoms with Crippen molar-refractivity contribution in [2.24, 2.45) is 0 Å². The maximum Gasteiger partial charge on any atom is 0.270 e. The third-order valence-corrected chi connectivity index (χ3v) is 8.87. The van der Waals surface area contributed by atoms with Gasteiger partial charge in [-0.3, -0.25) is 14.5 Å². The Hall–Kier alpha value is -4.40. The molecule has 6 rings (SSSR count). The number of aryl methyl sites for hydroxylation is 1. The van der Waals surface area contributed by atoms with E-state index in [4.69, 9.17) is 4.74 Å². The van der Waals surface area contributed by atoms with Gasteiger partial charge in [0.05, 0.1) is 20.2 Å². The number of hydrogen-bond acceptors (Lipinski definition) is 5. The zero-order chi connectivity index (χ0) is 30.8. The molecule has 0 spiro atoms. The summed E-state index contributed by atoms with van der Waals surface area (Å²) in [7, 11) is 5.82. The van der Waals surface area contributed by atoms with E-state index >= 15 is 0 Å². The smallest absolute Gasteiger partial charge is 0.270 e. The SMILES string of the molecule is COc1cc(C(=O)N2Cc3ccc(C(=O)N4CCN(CCN(C)C)CC4)n3Cc3ccccc32)ccc1-c1ccccc1C. The van der Waals surface area contributed by atoms with E-state index in [2.05, 4.69) is 47.5 Å². The molecule has 0 aliphatic carbocycles. The molecule has 228 valence electrons. The number of fused-ring (bicyclic) bond motifs is 2. The fraction of sp³-hybridized carbons (Fsp3) is 0.333. The second kappa shape index (κ2) is 12.7. The molecule has 2 aliphatic rings. The molecule has 8 heteroatoms. The lowest BCUT2D eigenvalue weighted by Crippen LogP contribution is -2.50. The summed E-state index contributed by atoms with van der Waals surface area (Å²) < 4.78 is 7.87. The number of amides is 2. The molecule has 8 nitrogen and oxygen atoms in total. The number of para-hydroxylation sites is 1. The Kier molecular flexibility index (Phi) is 8.55. The number of carbonyl (C=O) groups is 2. The predicted molar refractivity (Wildman–Crippen MR) is 175 cm³/mol. The van der Waals surface area contributed by atoms with Crippen LogP contribution in [0.4, 0.5) is 5.69 Å². The van der Waals surface area contributed by atoms with Crippen molar-refractivity contribution in [2.45, 2.75) is 20.0 Å². The number of rotatable bonds is 7. The first kappa shape index (κ1) is 29.7. The van der Waals surface area contributed by atoms with E-state index in [1.54, 1.807) is 7.11 Å². The van der Waals surface area contributed by atoms with Gasteiger partial charge in [0.2, 0.25) is 0 Å². The molecule has 1 aromatic heterocycles. The Morgan fingerprint density at radius 1 is 0.818 bits per heavy atom. The summed E-state index contributed by atoms with van der Waals surface area (Å²) in [6.45, 7) is 8.18. The van der Waals surface area contributed by atoms with E-state index in [9.17, 15) is 9.59 Å². The van der Waals surface area contributed by atoms with Gasteiger partial charge in [-0.25, -0.2) is 0 Å². The Balaban J connectivity index is 1.27. The monoisotopic (exact) mass is 591 g/mol.